The standard InChI is InChI=1S/C31H27N3O3S/c1-38(36,37)34(30-15-12-26-4-2-3-5-28(26)21-30)22-25-6-10-27(11-7-25)31(35)33-29-13-8-23(9-14-29)20-24-16-18-32-19-17-24/h2-19,21H,20,22H2,1H3,(H,33,35). The van der Waals surface area contributed by atoms with Gasteiger partial charge in [0.2, 0.25) is 10.0 Å². The molecule has 0 aliphatic heterocycles. The molecule has 1 aromatic heterocycles. The van der Waals surface area contributed by atoms with Crippen molar-refractivity contribution in [3.63, 3.8) is 0 Å². The molecular formula is C31H27N3O3S. The van der Waals surface area contributed by atoms with Gasteiger partial charge in [0.15, 0.2) is 0 Å². The van der Waals surface area contributed by atoms with Crippen LogP contribution >= 0.6 is 0 Å². The summed E-state index contributed by atoms with van der Waals surface area (Å²) in [6.07, 6.45) is 5.54. The lowest BCUT2D eigenvalue weighted by atomic mass is 10.1. The van der Waals surface area contributed by atoms with Crippen molar-refractivity contribution in [1.82, 2.24) is 4.98 Å². The predicted octanol–water partition coefficient (Wildman–Crippen LogP) is 6.04. The summed E-state index contributed by atoms with van der Waals surface area (Å²) in [6.45, 7) is 0.165. The number of rotatable bonds is 8. The van der Waals surface area contributed by atoms with Gasteiger partial charge in [0.05, 0.1) is 18.5 Å². The van der Waals surface area contributed by atoms with Crippen molar-refractivity contribution in [2.24, 2.45) is 0 Å². The number of carbonyl (C=O) groups is 1. The van der Waals surface area contributed by atoms with E-state index in [9.17, 15) is 13.2 Å². The van der Waals surface area contributed by atoms with Crippen LogP contribution < -0.4 is 9.62 Å². The van der Waals surface area contributed by atoms with Crippen LogP contribution in [0.5, 0.6) is 0 Å². The van der Waals surface area contributed by atoms with Crippen molar-refractivity contribution in [2.75, 3.05) is 15.9 Å². The average Bonchev–Trinajstić information content (AvgIpc) is 2.93. The van der Waals surface area contributed by atoms with Gasteiger partial charge < -0.3 is 5.32 Å². The van der Waals surface area contributed by atoms with Crippen LogP contribution in [0.2, 0.25) is 0 Å². The highest BCUT2D eigenvalue weighted by Crippen LogP contribution is 2.26. The van der Waals surface area contributed by atoms with Gasteiger partial charge in [-0.05, 0) is 82.4 Å². The molecule has 0 spiro atoms. The fraction of sp³-hybridized carbons (Fsp3) is 0.0968. The maximum absolute atomic E-state index is 12.8. The van der Waals surface area contributed by atoms with E-state index < -0.39 is 10.0 Å². The van der Waals surface area contributed by atoms with E-state index in [1.165, 1.54) is 16.1 Å². The van der Waals surface area contributed by atoms with Crippen LogP contribution in [-0.2, 0) is 23.0 Å². The Morgan fingerprint density at radius 2 is 1.39 bits per heavy atom. The van der Waals surface area contributed by atoms with Gasteiger partial charge in [-0.1, -0.05) is 54.6 Å². The third-order valence-electron chi connectivity index (χ3n) is 6.33. The highest BCUT2D eigenvalue weighted by Gasteiger charge is 2.18. The van der Waals surface area contributed by atoms with Crippen LogP contribution in [0.3, 0.4) is 0 Å². The molecule has 1 amide bonds. The molecule has 5 rings (SSSR count). The number of pyridine rings is 1. The largest absolute Gasteiger partial charge is 0.322 e. The quantitative estimate of drug-likeness (QED) is 0.270. The second-order valence-corrected chi connectivity index (χ2v) is 11.1. The van der Waals surface area contributed by atoms with Gasteiger partial charge in [-0.25, -0.2) is 8.42 Å². The molecule has 0 aliphatic carbocycles. The van der Waals surface area contributed by atoms with Crippen LogP contribution in [0.25, 0.3) is 10.8 Å². The first-order valence-electron chi connectivity index (χ1n) is 12.2. The van der Waals surface area contributed by atoms with E-state index in [-0.39, 0.29) is 12.5 Å². The summed E-state index contributed by atoms with van der Waals surface area (Å²) in [6, 6.07) is 32.1. The van der Waals surface area contributed by atoms with E-state index in [0.717, 1.165) is 28.3 Å². The minimum Gasteiger partial charge on any atom is -0.322 e. The van der Waals surface area contributed by atoms with Crippen molar-refractivity contribution in [1.29, 1.82) is 0 Å². The summed E-state index contributed by atoms with van der Waals surface area (Å²) in [5.74, 6) is -0.229. The Kier molecular flexibility index (Phi) is 7.20. The highest BCUT2D eigenvalue weighted by molar-refractivity contribution is 7.92. The van der Waals surface area contributed by atoms with Gasteiger partial charge in [-0.3, -0.25) is 14.1 Å². The zero-order valence-electron chi connectivity index (χ0n) is 20.9. The molecular weight excluding hydrogens is 494 g/mol. The first kappa shape index (κ1) is 25.2. The second kappa shape index (κ2) is 10.9. The van der Waals surface area contributed by atoms with Gasteiger partial charge >= 0.3 is 0 Å². The molecule has 0 unspecified atom stereocenters. The van der Waals surface area contributed by atoms with Gasteiger partial charge in [0.1, 0.15) is 0 Å². The molecule has 7 heteroatoms. The Bertz CT molecular complexity index is 1670. The zero-order valence-corrected chi connectivity index (χ0v) is 21.7. The number of nitrogens with zero attached hydrogens (tertiary/aromatic N) is 2. The van der Waals surface area contributed by atoms with Crippen LogP contribution in [0.1, 0.15) is 27.0 Å². The van der Waals surface area contributed by atoms with E-state index in [2.05, 4.69) is 10.3 Å². The average molecular weight is 522 g/mol. The number of sulfonamides is 1. The third kappa shape index (κ3) is 6.07. The molecule has 0 aliphatic rings. The smallest absolute Gasteiger partial charge is 0.255 e. The lowest BCUT2D eigenvalue weighted by molar-refractivity contribution is 0.102. The van der Waals surface area contributed by atoms with E-state index in [1.54, 1.807) is 36.7 Å². The Labute approximate surface area is 222 Å². The maximum Gasteiger partial charge on any atom is 0.255 e. The van der Waals surface area contributed by atoms with Crippen LogP contribution in [0.15, 0.2) is 116 Å². The number of fused-ring (bicyclic) bond motifs is 1. The Balaban J connectivity index is 1.26. The maximum atomic E-state index is 12.8. The van der Waals surface area contributed by atoms with Crippen molar-refractivity contribution in [3.8, 4) is 0 Å². The molecule has 38 heavy (non-hydrogen) atoms. The van der Waals surface area contributed by atoms with Crippen molar-refractivity contribution >= 4 is 38.1 Å². The molecule has 5 aromatic rings. The third-order valence-corrected chi connectivity index (χ3v) is 7.47. The second-order valence-electron chi connectivity index (χ2n) is 9.18. The predicted molar refractivity (Wildman–Crippen MR) is 153 cm³/mol. The summed E-state index contributed by atoms with van der Waals surface area (Å²) >= 11 is 0. The first-order valence-corrected chi connectivity index (χ1v) is 14.0. The summed E-state index contributed by atoms with van der Waals surface area (Å²) in [5.41, 5.74) is 4.89. The van der Waals surface area contributed by atoms with E-state index in [0.29, 0.717) is 16.9 Å². The molecule has 0 saturated heterocycles. The minimum atomic E-state index is -3.52. The molecule has 0 fully saturated rings. The van der Waals surface area contributed by atoms with Crippen LogP contribution in [-0.4, -0.2) is 25.6 Å². The number of nitrogens with one attached hydrogen (secondary N) is 1. The lowest BCUT2D eigenvalue weighted by Crippen LogP contribution is -2.29. The van der Waals surface area contributed by atoms with Crippen LogP contribution in [0, 0.1) is 0 Å². The van der Waals surface area contributed by atoms with Crippen LogP contribution in [0.4, 0.5) is 11.4 Å². The van der Waals surface area contributed by atoms with E-state index in [4.69, 9.17) is 0 Å². The number of anilines is 2. The van der Waals surface area contributed by atoms with E-state index >= 15 is 0 Å². The van der Waals surface area contributed by atoms with E-state index in [1.807, 2.05) is 78.9 Å². The zero-order chi connectivity index (χ0) is 26.5. The van der Waals surface area contributed by atoms with Crippen molar-refractivity contribution in [3.05, 3.63) is 138 Å². The molecule has 0 saturated carbocycles. The molecule has 1 heterocycles. The molecule has 1 N–H and O–H groups in total. The Morgan fingerprint density at radius 1 is 0.763 bits per heavy atom. The lowest BCUT2D eigenvalue weighted by Gasteiger charge is -2.23. The fourth-order valence-corrected chi connectivity index (χ4v) is 5.18. The number of hydrogen-bond donors (Lipinski definition) is 1. The molecule has 0 radical (unpaired) electrons. The summed E-state index contributed by atoms with van der Waals surface area (Å²) in [4.78, 5) is 16.8. The number of aromatic nitrogens is 1. The summed E-state index contributed by atoms with van der Waals surface area (Å²) < 4.78 is 26.6. The highest BCUT2D eigenvalue weighted by atomic mass is 32.2. The minimum absolute atomic E-state index is 0.165. The van der Waals surface area contributed by atoms with Crippen molar-refractivity contribution < 1.29 is 13.2 Å². The molecule has 190 valence electrons. The van der Waals surface area contributed by atoms with Crippen molar-refractivity contribution in [2.45, 2.75) is 13.0 Å². The number of amides is 1. The number of benzene rings is 4. The first-order chi connectivity index (χ1) is 18.3. The van der Waals surface area contributed by atoms with Gasteiger partial charge in [-0.2, -0.15) is 0 Å². The summed E-state index contributed by atoms with van der Waals surface area (Å²) in [7, 11) is -3.52. The monoisotopic (exact) mass is 521 g/mol. The van der Waals surface area contributed by atoms with Gasteiger partial charge in [-0.15, -0.1) is 0 Å². The fourth-order valence-electron chi connectivity index (χ4n) is 4.30. The summed E-state index contributed by atoms with van der Waals surface area (Å²) in [5, 5.41) is 4.93. The number of carbonyl (C=O) groups excluding carboxylic acids is 1. The number of hydrogen-bond acceptors (Lipinski definition) is 4. The Hall–Kier alpha value is -4.49. The van der Waals surface area contributed by atoms with Gasteiger partial charge in [0.25, 0.3) is 5.91 Å². The molecule has 0 bridgehead atoms. The SMILES string of the molecule is CS(=O)(=O)N(Cc1ccc(C(=O)Nc2ccc(Cc3ccncc3)cc2)cc1)c1ccc2ccccc2c1. The molecule has 6 nitrogen and oxygen atoms in total. The molecule has 4 aromatic carbocycles. The topological polar surface area (TPSA) is 79.4 Å². The normalized spacial score (nSPS) is 11.3. The Morgan fingerprint density at radius 3 is 2.08 bits per heavy atom. The van der Waals surface area contributed by atoms with Gasteiger partial charge in [0, 0.05) is 23.6 Å². The molecule has 0 atom stereocenters.